The summed E-state index contributed by atoms with van der Waals surface area (Å²) in [6.07, 6.45) is 1.50. The molecule has 0 saturated heterocycles. The predicted octanol–water partition coefficient (Wildman–Crippen LogP) is 6.39. The molecule has 0 aliphatic heterocycles. The first kappa shape index (κ1) is 28.1. The first-order chi connectivity index (χ1) is 15.8. The maximum absolute atomic E-state index is 8.97. The van der Waals surface area contributed by atoms with Crippen LogP contribution in [0.25, 0.3) is 22.3 Å². The SMILES string of the molecule is CCC.Cc1ccc(-c2cccc(C(C)C)c2)cc1-c1cc(Cl)nc(OCCO)c1.NC=O. The summed E-state index contributed by atoms with van der Waals surface area (Å²) < 4.78 is 5.45. The topological polar surface area (TPSA) is 85.4 Å². The minimum atomic E-state index is -0.0652. The number of primary amides is 1. The lowest BCUT2D eigenvalue weighted by Crippen LogP contribution is -2.03. The van der Waals surface area contributed by atoms with E-state index in [0.29, 0.717) is 17.0 Å². The van der Waals surface area contributed by atoms with Crippen LogP contribution < -0.4 is 10.5 Å². The van der Waals surface area contributed by atoms with E-state index >= 15 is 0 Å². The van der Waals surface area contributed by atoms with Crippen LogP contribution in [0, 0.1) is 6.92 Å². The molecule has 0 aliphatic rings. The van der Waals surface area contributed by atoms with Crippen LogP contribution in [0.1, 0.15) is 51.2 Å². The van der Waals surface area contributed by atoms with E-state index in [0.717, 1.165) is 22.3 Å². The lowest BCUT2D eigenvalue weighted by atomic mass is 9.93. The molecule has 3 aromatic rings. The molecule has 1 heterocycles. The molecule has 6 heteroatoms. The van der Waals surface area contributed by atoms with E-state index in [1.165, 1.54) is 17.5 Å². The highest BCUT2D eigenvalue weighted by atomic mass is 35.5. The van der Waals surface area contributed by atoms with Crippen molar-refractivity contribution in [2.45, 2.75) is 47.0 Å². The van der Waals surface area contributed by atoms with E-state index < -0.39 is 0 Å². The first-order valence-electron chi connectivity index (χ1n) is 11.1. The average molecular weight is 471 g/mol. The Morgan fingerprint density at radius 1 is 1.06 bits per heavy atom. The number of nitrogens with zero attached hydrogens (tertiary/aromatic N) is 1. The van der Waals surface area contributed by atoms with E-state index in [1.54, 1.807) is 0 Å². The van der Waals surface area contributed by atoms with Crippen LogP contribution in [0.4, 0.5) is 0 Å². The minimum absolute atomic E-state index is 0.0652. The number of aromatic nitrogens is 1. The Labute approximate surface area is 202 Å². The largest absolute Gasteiger partial charge is 0.475 e. The number of amides is 1. The molecule has 3 rings (SSSR count). The van der Waals surface area contributed by atoms with E-state index in [1.807, 2.05) is 12.1 Å². The average Bonchev–Trinajstić information content (AvgIpc) is 2.79. The number of hydrogen-bond acceptors (Lipinski definition) is 4. The molecule has 0 fully saturated rings. The third kappa shape index (κ3) is 9.24. The van der Waals surface area contributed by atoms with Gasteiger partial charge in [-0.15, -0.1) is 0 Å². The second kappa shape index (κ2) is 15.0. The van der Waals surface area contributed by atoms with Crippen LogP contribution in [0.5, 0.6) is 5.88 Å². The third-order valence-electron chi connectivity index (χ3n) is 4.55. The standard InChI is InChI=1S/C23H24ClNO2.C3H8.CH3NO/c1-15(2)17-5-4-6-18(11-17)19-8-7-16(3)21(12-19)20-13-22(24)25-23(14-20)27-10-9-26;1-3-2;2-1-3/h4-8,11-15,26H,9-10H2,1-3H3;3H2,1-2H3;1H,(H2,2,3). The van der Waals surface area contributed by atoms with Gasteiger partial charge in [-0.05, 0) is 58.4 Å². The smallest absolute Gasteiger partial charge is 0.215 e. The highest BCUT2D eigenvalue weighted by Crippen LogP contribution is 2.33. The fourth-order valence-corrected chi connectivity index (χ4v) is 3.24. The number of ether oxygens (including phenoxy) is 1. The molecule has 0 bridgehead atoms. The van der Waals surface area contributed by atoms with Gasteiger partial charge in [0.1, 0.15) is 11.8 Å². The number of aliphatic hydroxyl groups is 1. The lowest BCUT2D eigenvalue weighted by Gasteiger charge is -2.13. The van der Waals surface area contributed by atoms with Crippen molar-refractivity contribution in [1.29, 1.82) is 0 Å². The van der Waals surface area contributed by atoms with Gasteiger partial charge >= 0.3 is 0 Å². The van der Waals surface area contributed by atoms with Gasteiger partial charge in [0.15, 0.2) is 0 Å². The van der Waals surface area contributed by atoms with Gasteiger partial charge in [-0.2, -0.15) is 0 Å². The minimum Gasteiger partial charge on any atom is -0.475 e. The van der Waals surface area contributed by atoms with Gasteiger partial charge < -0.3 is 15.6 Å². The van der Waals surface area contributed by atoms with Crippen molar-refractivity contribution >= 4 is 18.0 Å². The van der Waals surface area contributed by atoms with Gasteiger partial charge in [0.25, 0.3) is 0 Å². The Balaban J connectivity index is 0.000000819. The van der Waals surface area contributed by atoms with E-state index in [4.69, 9.17) is 26.2 Å². The number of benzene rings is 2. The molecule has 1 amide bonds. The van der Waals surface area contributed by atoms with Crippen LogP contribution in [0.15, 0.2) is 54.6 Å². The highest BCUT2D eigenvalue weighted by molar-refractivity contribution is 6.29. The second-order valence-electron chi connectivity index (χ2n) is 7.74. The number of halogens is 1. The van der Waals surface area contributed by atoms with Crippen LogP contribution >= 0.6 is 11.6 Å². The van der Waals surface area contributed by atoms with Crippen LogP contribution in [-0.4, -0.2) is 29.7 Å². The summed E-state index contributed by atoms with van der Waals surface area (Å²) in [7, 11) is 0. The molecule has 1 aromatic heterocycles. The van der Waals surface area contributed by atoms with Crippen molar-refractivity contribution in [3.63, 3.8) is 0 Å². The zero-order valence-electron chi connectivity index (χ0n) is 20.1. The monoisotopic (exact) mass is 470 g/mol. The fraction of sp³-hybridized carbons (Fsp3) is 0.333. The van der Waals surface area contributed by atoms with Crippen molar-refractivity contribution in [2.75, 3.05) is 13.2 Å². The first-order valence-corrected chi connectivity index (χ1v) is 11.5. The van der Waals surface area contributed by atoms with Crippen molar-refractivity contribution < 1.29 is 14.6 Å². The van der Waals surface area contributed by atoms with Gasteiger partial charge in [0.2, 0.25) is 12.3 Å². The fourth-order valence-electron chi connectivity index (χ4n) is 3.04. The molecule has 33 heavy (non-hydrogen) atoms. The maximum Gasteiger partial charge on any atom is 0.215 e. The van der Waals surface area contributed by atoms with E-state index in [2.05, 4.69) is 87.8 Å². The van der Waals surface area contributed by atoms with Gasteiger partial charge in [0, 0.05) is 6.07 Å². The van der Waals surface area contributed by atoms with Gasteiger partial charge in [-0.25, -0.2) is 4.98 Å². The number of rotatable bonds is 6. The van der Waals surface area contributed by atoms with Gasteiger partial charge in [-0.3, -0.25) is 4.79 Å². The maximum atomic E-state index is 8.97. The second-order valence-corrected chi connectivity index (χ2v) is 8.13. The molecule has 0 saturated carbocycles. The normalized spacial score (nSPS) is 9.94. The number of carbonyl (C=O) groups is 1. The third-order valence-corrected chi connectivity index (χ3v) is 4.74. The summed E-state index contributed by atoms with van der Waals surface area (Å²) in [5, 5.41) is 9.33. The van der Waals surface area contributed by atoms with Crippen molar-refractivity contribution in [3.8, 4) is 28.1 Å². The summed E-state index contributed by atoms with van der Waals surface area (Å²) in [4.78, 5) is 12.8. The van der Waals surface area contributed by atoms with Crippen LogP contribution in [0.2, 0.25) is 5.15 Å². The number of hydrogen-bond donors (Lipinski definition) is 2. The number of nitrogens with two attached hydrogens (primary N) is 1. The lowest BCUT2D eigenvalue weighted by molar-refractivity contribution is -0.106. The van der Waals surface area contributed by atoms with Crippen molar-refractivity contribution in [3.05, 3.63) is 70.9 Å². The molecule has 5 nitrogen and oxygen atoms in total. The summed E-state index contributed by atoms with van der Waals surface area (Å²) in [5.41, 5.74) is 11.0. The van der Waals surface area contributed by atoms with Crippen LogP contribution in [0.3, 0.4) is 0 Å². The zero-order valence-corrected chi connectivity index (χ0v) is 20.9. The Hall–Kier alpha value is -2.89. The van der Waals surface area contributed by atoms with E-state index in [9.17, 15) is 0 Å². The molecular weight excluding hydrogens is 436 g/mol. The van der Waals surface area contributed by atoms with Gasteiger partial charge in [-0.1, -0.05) is 82.1 Å². The summed E-state index contributed by atoms with van der Waals surface area (Å²) >= 11 is 6.19. The molecule has 0 unspecified atom stereocenters. The number of carbonyl (C=O) groups excluding carboxylic acids is 1. The van der Waals surface area contributed by atoms with Crippen LogP contribution in [-0.2, 0) is 4.79 Å². The number of aryl methyl sites for hydroxylation is 1. The predicted molar refractivity (Wildman–Crippen MR) is 138 cm³/mol. The Morgan fingerprint density at radius 3 is 2.30 bits per heavy atom. The molecule has 178 valence electrons. The number of aliphatic hydroxyl groups excluding tert-OH is 1. The van der Waals surface area contributed by atoms with Crippen molar-refractivity contribution in [1.82, 2.24) is 4.98 Å². The van der Waals surface area contributed by atoms with Crippen molar-refractivity contribution in [2.24, 2.45) is 5.73 Å². The molecular formula is C27H35ClN2O3. The van der Waals surface area contributed by atoms with E-state index in [-0.39, 0.29) is 19.6 Å². The summed E-state index contributed by atoms with van der Waals surface area (Å²) in [5.74, 6) is 0.901. The molecule has 0 aliphatic carbocycles. The Bertz CT molecular complexity index is 1010. The summed E-state index contributed by atoms with van der Waals surface area (Å²) in [6.45, 7) is 10.9. The Kier molecular flexibility index (Phi) is 12.8. The highest BCUT2D eigenvalue weighted by Gasteiger charge is 2.10. The quantitative estimate of drug-likeness (QED) is 0.323. The summed E-state index contributed by atoms with van der Waals surface area (Å²) in [6, 6.07) is 18.8. The molecule has 3 N–H and O–H groups in total. The molecule has 0 atom stereocenters. The number of pyridine rings is 1. The zero-order chi connectivity index (χ0) is 24.8. The van der Waals surface area contributed by atoms with Gasteiger partial charge in [0.05, 0.1) is 6.61 Å². The molecule has 0 spiro atoms. The molecule has 0 radical (unpaired) electrons. The Morgan fingerprint density at radius 2 is 1.70 bits per heavy atom. The molecule has 2 aromatic carbocycles.